The highest BCUT2D eigenvalue weighted by atomic mass is 35.5. The van der Waals surface area contributed by atoms with E-state index in [0.29, 0.717) is 22.2 Å². The summed E-state index contributed by atoms with van der Waals surface area (Å²) in [6, 6.07) is 4.98. The van der Waals surface area contributed by atoms with Crippen LogP contribution in [0.4, 0.5) is 0 Å². The van der Waals surface area contributed by atoms with Crippen molar-refractivity contribution in [2.24, 2.45) is 0 Å². The van der Waals surface area contributed by atoms with Crippen LogP contribution in [0, 0.1) is 0 Å². The van der Waals surface area contributed by atoms with Crippen LogP contribution in [-0.4, -0.2) is 30.3 Å². The molecule has 0 spiro atoms. The highest BCUT2D eigenvalue weighted by Gasteiger charge is 2.11. The summed E-state index contributed by atoms with van der Waals surface area (Å²) in [6.45, 7) is 6.22. The highest BCUT2D eigenvalue weighted by molar-refractivity contribution is 6.42. The zero-order chi connectivity index (χ0) is 12.1. The molecule has 0 heterocycles. The van der Waals surface area contributed by atoms with Crippen molar-refractivity contribution in [2.75, 3.05) is 19.6 Å². The zero-order valence-electron chi connectivity index (χ0n) is 9.46. The molecule has 1 rings (SSSR count). The van der Waals surface area contributed by atoms with Gasteiger partial charge in [-0.05, 0) is 31.3 Å². The van der Waals surface area contributed by atoms with Crippen molar-refractivity contribution in [1.29, 1.82) is 0 Å². The molecule has 0 atom stereocenters. The Kier molecular flexibility index (Phi) is 5.26. The van der Waals surface area contributed by atoms with Gasteiger partial charge in [-0.1, -0.05) is 37.0 Å². The van der Waals surface area contributed by atoms with Gasteiger partial charge >= 0.3 is 0 Å². The number of ketones is 1. The van der Waals surface area contributed by atoms with E-state index in [1.807, 2.05) is 13.8 Å². The first-order chi connectivity index (χ1) is 7.58. The number of benzene rings is 1. The average Bonchev–Trinajstić information content (AvgIpc) is 2.29. The summed E-state index contributed by atoms with van der Waals surface area (Å²) in [5.74, 6) is 0.0715. The summed E-state index contributed by atoms with van der Waals surface area (Å²) in [4.78, 5) is 14.0. The van der Waals surface area contributed by atoms with Crippen LogP contribution in [0.15, 0.2) is 18.2 Å². The van der Waals surface area contributed by atoms with Crippen LogP contribution in [0.2, 0.25) is 10.0 Å². The van der Waals surface area contributed by atoms with Crippen molar-refractivity contribution in [3.8, 4) is 0 Å². The summed E-state index contributed by atoms with van der Waals surface area (Å²) in [5, 5.41) is 0.896. The van der Waals surface area contributed by atoms with Gasteiger partial charge in [0, 0.05) is 5.56 Å². The molecule has 0 fully saturated rings. The average molecular weight is 260 g/mol. The molecular weight excluding hydrogens is 245 g/mol. The van der Waals surface area contributed by atoms with Gasteiger partial charge in [-0.25, -0.2) is 0 Å². The lowest BCUT2D eigenvalue weighted by atomic mass is 10.1. The summed E-state index contributed by atoms with van der Waals surface area (Å²) < 4.78 is 0. The first-order valence-electron chi connectivity index (χ1n) is 5.29. The third-order valence-corrected chi connectivity index (χ3v) is 3.24. The maximum Gasteiger partial charge on any atom is 0.176 e. The van der Waals surface area contributed by atoms with E-state index in [4.69, 9.17) is 23.2 Å². The van der Waals surface area contributed by atoms with Gasteiger partial charge in [0.1, 0.15) is 0 Å². The molecule has 0 aliphatic carbocycles. The number of Topliss-reactive ketones (excluding diaryl/α,β-unsaturated/α-hetero) is 1. The quantitative estimate of drug-likeness (QED) is 0.755. The number of halogens is 2. The number of likely N-dealkylation sites (N-methyl/N-ethyl adjacent to an activating group) is 1. The largest absolute Gasteiger partial charge is 0.296 e. The number of carbonyl (C=O) groups excluding carboxylic acids is 1. The number of nitrogens with zero attached hydrogens (tertiary/aromatic N) is 1. The molecule has 0 amide bonds. The van der Waals surface area contributed by atoms with Gasteiger partial charge in [0.25, 0.3) is 0 Å². The molecule has 2 nitrogen and oxygen atoms in total. The zero-order valence-corrected chi connectivity index (χ0v) is 11.0. The molecule has 16 heavy (non-hydrogen) atoms. The van der Waals surface area contributed by atoms with Gasteiger partial charge in [-0.2, -0.15) is 0 Å². The van der Waals surface area contributed by atoms with Gasteiger partial charge in [-0.15, -0.1) is 0 Å². The Bertz CT molecular complexity index is 375. The van der Waals surface area contributed by atoms with E-state index in [2.05, 4.69) is 4.90 Å². The SMILES string of the molecule is CCN(CC)CC(=O)c1ccc(Cl)c(Cl)c1. The predicted octanol–water partition coefficient (Wildman–Crippen LogP) is 3.52. The minimum absolute atomic E-state index is 0.0715. The summed E-state index contributed by atoms with van der Waals surface area (Å²) in [7, 11) is 0. The van der Waals surface area contributed by atoms with Crippen molar-refractivity contribution in [3.63, 3.8) is 0 Å². The number of hydrogen-bond acceptors (Lipinski definition) is 2. The van der Waals surface area contributed by atoms with Gasteiger partial charge in [-0.3, -0.25) is 9.69 Å². The van der Waals surface area contributed by atoms with Gasteiger partial charge in [0.15, 0.2) is 5.78 Å². The molecule has 0 saturated carbocycles. The number of carbonyl (C=O) groups is 1. The van der Waals surface area contributed by atoms with E-state index in [-0.39, 0.29) is 5.78 Å². The lowest BCUT2D eigenvalue weighted by molar-refractivity contribution is 0.0937. The van der Waals surface area contributed by atoms with Gasteiger partial charge in [0.2, 0.25) is 0 Å². The molecule has 0 unspecified atom stereocenters. The molecule has 1 aromatic rings. The van der Waals surface area contributed by atoms with E-state index in [1.54, 1.807) is 18.2 Å². The summed E-state index contributed by atoms with van der Waals surface area (Å²) in [5.41, 5.74) is 0.612. The normalized spacial score (nSPS) is 10.8. The first-order valence-corrected chi connectivity index (χ1v) is 6.04. The summed E-state index contributed by atoms with van der Waals surface area (Å²) >= 11 is 11.7. The van der Waals surface area contributed by atoms with E-state index in [0.717, 1.165) is 13.1 Å². The highest BCUT2D eigenvalue weighted by Crippen LogP contribution is 2.22. The molecule has 0 N–H and O–H groups in total. The Morgan fingerprint density at radius 1 is 1.19 bits per heavy atom. The Balaban J connectivity index is 2.76. The second-order valence-corrected chi connectivity index (χ2v) is 4.33. The smallest absolute Gasteiger partial charge is 0.176 e. The van der Waals surface area contributed by atoms with Crippen molar-refractivity contribution in [1.82, 2.24) is 4.90 Å². The van der Waals surface area contributed by atoms with E-state index < -0.39 is 0 Å². The topological polar surface area (TPSA) is 20.3 Å². The Morgan fingerprint density at radius 3 is 2.31 bits per heavy atom. The summed E-state index contributed by atoms with van der Waals surface area (Å²) in [6.07, 6.45) is 0. The first kappa shape index (κ1) is 13.5. The maximum atomic E-state index is 11.9. The Hall–Kier alpha value is -0.570. The molecule has 88 valence electrons. The maximum absolute atomic E-state index is 11.9. The fraction of sp³-hybridized carbons (Fsp3) is 0.417. The fourth-order valence-electron chi connectivity index (χ4n) is 1.41. The molecule has 0 bridgehead atoms. The standard InChI is InChI=1S/C12H15Cl2NO/c1-3-15(4-2)8-12(16)9-5-6-10(13)11(14)7-9/h5-7H,3-4,8H2,1-2H3. The minimum Gasteiger partial charge on any atom is -0.296 e. The predicted molar refractivity (Wildman–Crippen MR) is 68.6 cm³/mol. The van der Waals surface area contributed by atoms with Crippen LogP contribution >= 0.6 is 23.2 Å². The van der Waals surface area contributed by atoms with E-state index >= 15 is 0 Å². The third kappa shape index (κ3) is 3.48. The molecule has 0 radical (unpaired) electrons. The van der Waals surface area contributed by atoms with Gasteiger partial charge in [0.05, 0.1) is 16.6 Å². The van der Waals surface area contributed by atoms with Crippen LogP contribution in [0.5, 0.6) is 0 Å². The monoisotopic (exact) mass is 259 g/mol. The molecule has 0 saturated heterocycles. The second-order valence-electron chi connectivity index (χ2n) is 3.51. The van der Waals surface area contributed by atoms with Crippen LogP contribution < -0.4 is 0 Å². The molecule has 4 heteroatoms. The van der Waals surface area contributed by atoms with Crippen LogP contribution in [-0.2, 0) is 0 Å². The van der Waals surface area contributed by atoms with Crippen molar-refractivity contribution >= 4 is 29.0 Å². The Labute approximate surface area is 106 Å². The molecule has 1 aromatic carbocycles. The number of rotatable bonds is 5. The van der Waals surface area contributed by atoms with Crippen LogP contribution in [0.25, 0.3) is 0 Å². The third-order valence-electron chi connectivity index (χ3n) is 2.50. The van der Waals surface area contributed by atoms with Crippen molar-refractivity contribution < 1.29 is 4.79 Å². The number of hydrogen-bond donors (Lipinski definition) is 0. The molecular formula is C12H15Cl2NO. The van der Waals surface area contributed by atoms with E-state index in [9.17, 15) is 4.79 Å². The lowest BCUT2D eigenvalue weighted by Gasteiger charge is -2.16. The molecule has 0 aliphatic rings. The molecule has 0 aromatic heterocycles. The lowest BCUT2D eigenvalue weighted by Crippen LogP contribution is -2.29. The van der Waals surface area contributed by atoms with Crippen LogP contribution in [0.3, 0.4) is 0 Å². The van der Waals surface area contributed by atoms with E-state index in [1.165, 1.54) is 0 Å². The van der Waals surface area contributed by atoms with Crippen molar-refractivity contribution in [3.05, 3.63) is 33.8 Å². The Morgan fingerprint density at radius 2 is 1.81 bits per heavy atom. The molecule has 0 aliphatic heterocycles. The van der Waals surface area contributed by atoms with Gasteiger partial charge < -0.3 is 0 Å². The van der Waals surface area contributed by atoms with Crippen molar-refractivity contribution in [2.45, 2.75) is 13.8 Å². The minimum atomic E-state index is 0.0715. The second kappa shape index (κ2) is 6.24. The fourth-order valence-corrected chi connectivity index (χ4v) is 1.71. The van der Waals surface area contributed by atoms with Crippen LogP contribution in [0.1, 0.15) is 24.2 Å².